The lowest BCUT2D eigenvalue weighted by Crippen LogP contribution is -1.86. The van der Waals surface area contributed by atoms with Crippen molar-refractivity contribution >= 4 is 17.2 Å². The van der Waals surface area contributed by atoms with Crippen LogP contribution in [-0.2, 0) is 6.42 Å². The Morgan fingerprint density at radius 1 is 1.26 bits per heavy atom. The van der Waals surface area contributed by atoms with Gasteiger partial charge >= 0.3 is 0 Å². The highest BCUT2D eigenvalue weighted by Crippen LogP contribution is 2.27. The summed E-state index contributed by atoms with van der Waals surface area (Å²) in [7, 11) is 0. The third-order valence-electron chi connectivity index (χ3n) is 2.68. The van der Waals surface area contributed by atoms with Crippen LogP contribution in [0.4, 0.5) is 5.69 Å². The van der Waals surface area contributed by atoms with Crippen molar-refractivity contribution in [1.29, 1.82) is 0 Å². The Labute approximate surface area is 113 Å². The van der Waals surface area contributed by atoms with Crippen molar-refractivity contribution in [2.24, 2.45) is 0 Å². The molecular formula is C12H11N5OS. The second kappa shape index (κ2) is 4.77. The van der Waals surface area contributed by atoms with Crippen LogP contribution < -0.4 is 5.73 Å². The van der Waals surface area contributed by atoms with Crippen LogP contribution in [0.25, 0.3) is 22.2 Å². The summed E-state index contributed by atoms with van der Waals surface area (Å²) >= 11 is 1.26. The molecule has 7 heteroatoms. The molecule has 0 bridgehead atoms. The van der Waals surface area contributed by atoms with Gasteiger partial charge in [-0.05, 0) is 42.2 Å². The molecule has 0 amide bonds. The van der Waals surface area contributed by atoms with Crippen LogP contribution in [0.15, 0.2) is 28.8 Å². The summed E-state index contributed by atoms with van der Waals surface area (Å²) in [6, 6.07) is 7.32. The lowest BCUT2D eigenvalue weighted by Gasteiger charge is -1.94. The maximum absolute atomic E-state index is 5.65. The Morgan fingerprint density at radius 3 is 2.79 bits per heavy atom. The number of aromatic nitrogens is 4. The molecule has 0 unspecified atom stereocenters. The van der Waals surface area contributed by atoms with Gasteiger partial charge in [-0.2, -0.15) is 4.98 Å². The van der Waals surface area contributed by atoms with Crippen molar-refractivity contribution in [3.8, 4) is 22.2 Å². The minimum atomic E-state index is 0.457. The highest BCUT2D eigenvalue weighted by Gasteiger charge is 2.16. The van der Waals surface area contributed by atoms with E-state index >= 15 is 0 Å². The molecule has 0 atom stereocenters. The summed E-state index contributed by atoms with van der Waals surface area (Å²) in [5.74, 6) is 0.990. The average molecular weight is 273 g/mol. The minimum absolute atomic E-state index is 0.457. The van der Waals surface area contributed by atoms with E-state index in [1.165, 1.54) is 11.5 Å². The van der Waals surface area contributed by atoms with Gasteiger partial charge in [0, 0.05) is 11.3 Å². The van der Waals surface area contributed by atoms with Gasteiger partial charge < -0.3 is 10.3 Å². The zero-order valence-corrected chi connectivity index (χ0v) is 11.0. The highest BCUT2D eigenvalue weighted by molar-refractivity contribution is 7.09. The predicted octanol–water partition coefficient (Wildman–Crippen LogP) is 2.40. The van der Waals surface area contributed by atoms with E-state index in [0.717, 1.165) is 22.6 Å². The fourth-order valence-corrected chi connectivity index (χ4v) is 2.34. The fraction of sp³-hybridized carbons (Fsp3) is 0.167. The van der Waals surface area contributed by atoms with Crippen molar-refractivity contribution in [1.82, 2.24) is 19.7 Å². The molecular weight excluding hydrogens is 262 g/mol. The molecule has 0 fully saturated rings. The molecule has 96 valence electrons. The quantitative estimate of drug-likeness (QED) is 0.737. The highest BCUT2D eigenvalue weighted by atomic mass is 32.1. The van der Waals surface area contributed by atoms with E-state index in [1.807, 2.05) is 19.1 Å². The van der Waals surface area contributed by atoms with Crippen LogP contribution in [0.5, 0.6) is 0 Å². The molecule has 19 heavy (non-hydrogen) atoms. The first-order valence-electron chi connectivity index (χ1n) is 5.79. The molecule has 0 aliphatic heterocycles. The number of rotatable bonds is 3. The maximum atomic E-state index is 5.65. The summed E-state index contributed by atoms with van der Waals surface area (Å²) in [6.45, 7) is 2.01. The number of benzene rings is 1. The topological polar surface area (TPSA) is 90.7 Å². The third kappa shape index (κ3) is 2.19. The smallest absolute Gasteiger partial charge is 0.271 e. The van der Waals surface area contributed by atoms with Crippen molar-refractivity contribution in [3.05, 3.63) is 30.0 Å². The zero-order chi connectivity index (χ0) is 13.2. The van der Waals surface area contributed by atoms with Crippen LogP contribution in [0.1, 0.15) is 12.6 Å². The molecule has 3 aromatic rings. The van der Waals surface area contributed by atoms with Crippen molar-refractivity contribution in [2.75, 3.05) is 5.73 Å². The number of nitrogen functional groups attached to an aromatic ring is 1. The largest absolute Gasteiger partial charge is 0.399 e. The Morgan fingerprint density at radius 2 is 2.05 bits per heavy atom. The Bertz CT molecular complexity index is 688. The second-order valence-electron chi connectivity index (χ2n) is 3.95. The van der Waals surface area contributed by atoms with E-state index < -0.39 is 0 Å². The van der Waals surface area contributed by atoms with Gasteiger partial charge in [-0.3, -0.25) is 0 Å². The van der Waals surface area contributed by atoms with Crippen LogP contribution >= 0.6 is 11.5 Å². The van der Waals surface area contributed by atoms with Gasteiger partial charge in [-0.25, -0.2) is 0 Å². The number of aryl methyl sites for hydroxylation is 1. The molecule has 0 radical (unpaired) electrons. The molecule has 2 N–H and O–H groups in total. The third-order valence-corrected chi connectivity index (χ3v) is 3.44. The van der Waals surface area contributed by atoms with E-state index in [4.69, 9.17) is 10.3 Å². The maximum Gasteiger partial charge on any atom is 0.271 e. The van der Waals surface area contributed by atoms with Crippen LogP contribution in [0, 0.1) is 0 Å². The molecule has 0 saturated heterocycles. The molecule has 0 saturated carbocycles. The fourth-order valence-electron chi connectivity index (χ4n) is 1.67. The van der Waals surface area contributed by atoms with Crippen LogP contribution in [0.2, 0.25) is 0 Å². The minimum Gasteiger partial charge on any atom is -0.399 e. The standard InChI is InChI=1S/C12H11N5OS/c1-2-9-10(19-17-15-9)12-14-11(16-18-12)7-3-5-8(13)6-4-7/h3-6H,2,13H2,1H3. The first-order valence-corrected chi connectivity index (χ1v) is 6.56. The van der Waals surface area contributed by atoms with Gasteiger partial charge in [-0.1, -0.05) is 16.6 Å². The van der Waals surface area contributed by atoms with Gasteiger partial charge in [0.2, 0.25) is 5.82 Å². The Balaban J connectivity index is 1.97. The molecule has 2 aromatic heterocycles. The molecule has 1 aromatic carbocycles. The van der Waals surface area contributed by atoms with E-state index in [2.05, 4.69) is 19.7 Å². The normalized spacial score (nSPS) is 10.8. The second-order valence-corrected chi connectivity index (χ2v) is 4.70. The number of nitrogens with two attached hydrogens (primary N) is 1. The van der Waals surface area contributed by atoms with Crippen LogP contribution in [-0.4, -0.2) is 19.7 Å². The zero-order valence-electron chi connectivity index (χ0n) is 10.2. The van der Waals surface area contributed by atoms with Gasteiger partial charge in [-0.15, -0.1) is 5.10 Å². The number of hydrogen-bond acceptors (Lipinski definition) is 7. The van der Waals surface area contributed by atoms with Crippen molar-refractivity contribution in [3.63, 3.8) is 0 Å². The SMILES string of the molecule is CCc1nnsc1-c1nc(-c2ccc(N)cc2)no1. The average Bonchev–Trinajstić information content (AvgIpc) is 3.07. The molecule has 6 nitrogen and oxygen atoms in total. The van der Waals surface area contributed by atoms with Gasteiger partial charge in [0.25, 0.3) is 5.89 Å². The van der Waals surface area contributed by atoms with Crippen molar-refractivity contribution in [2.45, 2.75) is 13.3 Å². The van der Waals surface area contributed by atoms with E-state index in [0.29, 0.717) is 17.4 Å². The number of nitrogens with zero attached hydrogens (tertiary/aromatic N) is 4. The van der Waals surface area contributed by atoms with Gasteiger partial charge in [0.15, 0.2) is 0 Å². The van der Waals surface area contributed by atoms with E-state index in [1.54, 1.807) is 12.1 Å². The first-order chi connectivity index (χ1) is 9.28. The summed E-state index contributed by atoms with van der Waals surface area (Å²) in [6.07, 6.45) is 0.783. The molecule has 0 aliphatic rings. The van der Waals surface area contributed by atoms with Crippen molar-refractivity contribution < 1.29 is 4.52 Å². The molecule has 0 aliphatic carbocycles. The predicted molar refractivity (Wildman–Crippen MR) is 72.4 cm³/mol. The monoisotopic (exact) mass is 273 g/mol. The molecule has 0 spiro atoms. The number of hydrogen-bond donors (Lipinski definition) is 1. The Hall–Kier alpha value is -2.28. The molecule has 2 heterocycles. The summed E-state index contributed by atoms with van der Waals surface area (Å²) in [5.41, 5.74) is 8.08. The van der Waals surface area contributed by atoms with E-state index in [9.17, 15) is 0 Å². The molecule has 3 rings (SSSR count). The van der Waals surface area contributed by atoms with Gasteiger partial charge in [0.1, 0.15) is 4.88 Å². The number of anilines is 1. The first kappa shape index (κ1) is 11.8. The van der Waals surface area contributed by atoms with Gasteiger partial charge in [0.05, 0.1) is 5.69 Å². The lowest BCUT2D eigenvalue weighted by atomic mass is 10.2. The lowest BCUT2D eigenvalue weighted by molar-refractivity contribution is 0.433. The van der Waals surface area contributed by atoms with Crippen LogP contribution in [0.3, 0.4) is 0 Å². The summed E-state index contributed by atoms with van der Waals surface area (Å²) in [5, 5.41) is 8.00. The van der Waals surface area contributed by atoms with E-state index in [-0.39, 0.29) is 0 Å². The summed E-state index contributed by atoms with van der Waals surface area (Å²) < 4.78 is 9.18. The Kier molecular flexibility index (Phi) is 2.96. The summed E-state index contributed by atoms with van der Waals surface area (Å²) in [4.78, 5) is 5.20.